The Morgan fingerprint density at radius 2 is 1.70 bits per heavy atom. The smallest absolute Gasteiger partial charge is 0.133 e. The summed E-state index contributed by atoms with van der Waals surface area (Å²) in [6.45, 7) is 1.05. The molecule has 0 bridgehead atoms. The SMILES string of the molecule is CNCCCCCc1ccccc1-c1ccc(-c2nn(C)c3ccccc23)c(F)c1. The molecule has 0 radical (unpaired) electrons. The average Bonchev–Trinajstić information content (AvgIpc) is 3.10. The Balaban J connectivity index is 1.63. The van der Waals surface area contributed by atoms with Crippen LogP contribution in [-0.2, 0) is 13.5 Å². The van der Waals surface area contributed by atoms with Gasteiger partial charge in [0, 0.05) is 18.0 Å². The van der Waals surface area contributed by atoms with E-state index in [1.54, 1.807) is 10.7 Å². The number of unbranched alkanes of at least 4 members (excludes halogenated alkanes) is 2. The van der Waals surface area contributed by atoms with Crippen LogP contribution in [0.5, 0.6) is 0 Å². The molecule has 4 aromatic rings. The Hall–Kier alpha value is -2.98. The Bertz CT molecular complexity index is 1150. The van der Waals surface area contributed by atoms with Gasteiger partial charge in [-0.15, -0.1) is 0 Å². The van der Waals surface area contributed by atoms with Crippen molar-refractivity contribution in [1.29, 1.82) is 0 Å². The first-order chi connectivity index (χ1) is 14.7. The van der Waals surface area contributed by atoms with Crippen LogP contribution < -0.4 is 5.32 Å². The zero-order chi connectivity index (χ0) is 20.9. The van der Waals surface area contributed by atoms with Gasteiger partial charge in [-0.25, -0.2) is 4.39 Å². The second-order valence-corrected chi connectivity index (χ2v) is 7.76. The highest BCUT2D eigenvalue weighted by atomic mass is 19.1. The van der Waals surface area contributed by atoms with Crippen molar-refractivity contribution in [2.24, 2.45) is 7.05 Å². The minimum atomic E-state index is -0.236. The summed E-state index contributed by atoms with van der Waals surface area (Å²) in [4.78, 5) is 0. The number of aromatic nitrogens is 2. The van der Waals surface area contributed by atoms with Gasteiger partial charge in [0.2, 0.25) is 0 Å². The molecule has 0 aliphatic carbocycles. The van der Waals surface area contributed by atoms with Crippen LogP contribution in [0.1, 0.15) is 24.8 Å². The van der Waals surface area contributed by atoms with Crippen LogP contribution in [0.15, 0.2) is 66.7 Å². The van der Waals surface area contributed by atoms with Crippen molar-refractivity contribution >= 4 is 10.9 Å². The zero-order valence-electron chi connectivity index (χ0n) is 17.7. The molecule has 1 heterocycles. The number of rotatable bonds is 8. The quantitative estimate of drug-likeness (QED) is 0.368. The van der Waals surface area contributed by atoms with Crippen molar-refractivity contribution in [3.05, 3.63) is 78.1 Å². The van der Waals surface area contributed by atoms with E-state index in [1.807, 2.05) is 56.6 Å². The molecule has 0 spiro atoms. The molecule has 30 heavy (non-hydrogen) atoms. The highest BCUT2D eigenvalue weighted by Crippen LogP contribution is 2.33. The predicted molar refractivity (Wildman–Crippen MR) is 123 cm³/mol. The van der Waals surface area contributed by atoms with E-state index in [2.05, 4.69) is 28.6 Å². The number of halogens is 1. The predicted octanol–water partition coefficient (Wildman–Crippen LogP) is 5.98. The third kappa shape index (κ3) is 4.14. The lowest BCUT2D eigenvalue weighted by Gasteiger charge is -2.11. The number of fused-ring (bicyclic) bond motifs is 1. The monoisotopic (exact) mass is 401 g/mol. The van der Waals surface area contributed by atoms with E-state index in [9.17, 15) is 0 Å². The summed E-state index contributed by atoms with van der Waals surface area (Å²) in [5, 5.41) is 8.74. The number of aryl methyl sites for hydroxylation is 2. The van der Waals surface area contributed by atoms with Gasteiger partial charge >= 0.3 is 0 Å². The molecule has 154 valence electrons. The maximum Gasteiger partial charge on any atom is 0.133 e. The highest BCUT2D eigenvalue weighted by molar-refractivity contribution is 5.93. The van der Waals surface area contributed by atoms with Gasteiger partial charge in [-0.2, -0.15) is 5.10 Å². The number of hydrogen-bond acceptors (Lipinski definition) is 2. The highest BCUT2D eigenvalue weighted by Gasteiger charge is 2.15. The molecule has 3 aromatic carbocycles. The van der Waals surface area contributed by atoms with Crippen molar-refractivity contribution in [2.45, 2.75) is 25.7 Å². The summed E-state index contributed by atoms with van der Waals surface area (Å²) in [7, 11) is 3.88. The molecule has 1 N–H and O–H groups in total. The summed E-state index contributed by atoms with van der Waals surface area (Å²) in [6, 6.07) is 21.8. The Morgan fingerprint density at radius 1 is 0.900 bits per heavy atom. The summed E-state index contributed by atoms with van der Waals surface area (Å²) in [6.07, 6.45) is 4.52. The molecule has 0 aliphatic heterocycles. The lowest BCUT2D eigenvalue weighted by molar-refractivity contribution is 0.630. The van der Waals surface area contributed by atoms with Crippen LogP contribution in [0.2, 0.25) is 0 Å². The third-order valence-corrected chi connectivity index (χ3v) is 5.68. The molecule has 4 heteroatoms. The van der Waals surface area contributed by atoms with E-state index in [0.717, 1.165) is 41.4 Å². The van der Waals surface area contributed by atoms with Crippen LogP contribution in [0.3, 0.4) is 0 Å². The lowest BCUT2D eigenvalue weighted by Crippen LogP contribution is -2.07. The normalized spacial score (nSPS) is 11.3. The number of benzene rings is 3. The van der Waals surface area contributed by atoms with Crippen molar-refractivity contribution in [1.82, 2.24) is 15.1 Å². The van der Waals surface area contributed by atoms with Gasteiger partial charge in [0.05, 0.1) is 5.52 Å². The second-order valence-electron chi connectivity index (χ2n) is 7.76. The van der Waals surface area contributed by atoms with Gasteiger partial charge in [-0.3, -0.25) is 4.68 Å². The molecule has 0 amide bonds. The van der Waals surface area contributed by atoms with Gasteiger partial charge in [0.15, 0.2) is 0 Å². The van der Waals surface area contributed by atoms with Gasteiger partial charge in [-0.05, 0) is 67.7 Å². The Kier molecular flexibility index (Phi) is 6.24. The summed E-state index contributed by atoms with van der Waals surface area (Å²) in [5.41, 5.74) is 5.54. The topological polar surface area (TPSA) is 29.9 Å². The molecule has 1 aromatic heterocycles. The minimum Gasteiger partial charge on any atom is -0.320 e. The molecule has 0 saturated carbocycles. The first kappa shape index (κ1) is 20.3. The molecule has 4 rings (SSSR count). The van der Waals surface area contributed by atoms with E-state index in [-0.39, 0.29) is 5.82 Å². The maximum atomic E-state index is 15.2. The first-order valence-electron chi connectivity index (χ1n) is 10.6. The second kappa shape index (κ2) is 9.23. The fourth-order valence-corrected chi connectivity index (χ4v) is 4.10. The van der Waals surface area contributed by atoms with Crippen molar-refractivity contribution < 1.29 is 4.39 Å². The van der Waals surface area contributed by atoms with E-state index in [4.69, 9.17) is 0 Å². The van der Waals surface area contributed by atoms with E-state index in [0.29, 0.717) is 11.3 Å². The molecular weight excluding hydrogens is 373 g/mol. The van der Waals surface area contributed by atoms with Crippen LogP contribution in [0, 0.1) is 5.82 Å². The maximum absolute atomic E-state index is 15.2. The lowest BCUT2D eigenvalue weighted by atomic mass is 9.94. The Labute approximate surface area is 177 Å². The van der Waals surface area contributed by atoms with Gasteiger partial charge in [0.1, 0.15) is 11.5 Å². The standard InChI is InChI=1S/C26H28FN3/c1-28-17-9-3-4-10-19-11-5-6-12-21(19)20-15-16-22(24(27)18-20)26-23-13-7-8-14-25(23)30(2)29-26/h5-8,11-16,18,28H,3-4,9-10,17H2,1-2H3. The molecule has 0 saturated heterocycles. The van der Waals surface area contributed by atoms with Crippen molar-refractivity contribution in [2.75, 3.05) is 13.6 Å². The van der Waals surface area contributed by atoms with Gasteiger partial charge < -0.3 is 5.32 Å². The van der Waals surface area contributed by atoms with E-state index in [1.165, 1.54) is 18.4 Å². The van der Waals surface area contributed by atoms with Gasteiger partial charge in [-0.1, -0.05) is 55.0 Å². The largest absolute Gasteiger partial charge is 0.320 e. The molecular formula is C26H28FN3. The molecule has 3 nitrogen and oxygen atoms in total. The first-order valence-corrected chi connectivity index (χ1v) is 10.6. The fourth-order valence-electron chi connectivity index (χ4n) is 4.10. The molecule has 0 unspecified atom stereocenters. The van der Waals surface area contributed by atoms with Crippen LogP contribution >= 0.6 is 0 Å². The molecule has 0 aliphatic rings. The van der Waals surface area contributed by atoms with Crippen molar-refractivity contribution in [3.8, 4) is 22.4 Å². The Morgan fingerprint density at radius 3 is 2.53 bits per heavy atom. The van der Waals surface area contributed by atoms with Crippen LogP contribution in [-0.4, -0.2) is 23.4 Å². The van der Waals surface area contributed by atoms with Crippen molar-refractivity contribution in [3.63, 3.8) is 0 Å². The van der Waals surface area contributed by atoms with Crippen LogP contribution in [0.25, 0.3) is 33.3 Å². The van der Waals surface area contributed by atoms with E-state index < -0.39 is 0 Å². The molecule has 0 fully saturated rings. The average molecular weight is 402 g/mol. The minimum absolute atomic E-state index is 0.236. The number of nitrogens with zero attached hydrogens (tertiary/aromatic N) is 2. The number of nitrogens with one attached hydrogen (secondary N) is 1. The molecule has 0 atom stereocenters. The summed E-state index contributed by atoms with van der Waals surface area (Å²) >= 11 is 0. The summed E-state index contributed by atoms with van der Waals surface area (Å²) in [5.74, 6) is -0.236. The fraction of sp³-hybridized carbons (Fsp3) is 0.269. The number of para-hydroxylation sites is 1. The summed E-state index contributed by atoms with van der Waals surface area (Å²) < 4.78 is 17.0. The van der Waals surface area contributed by atoms with Gasteiger partial charge in [0.25, 0.3) is 0 Å². The zero-order valence-corrected chi connectivity index (χ0v) is 17.7. The van der Waals surface area contributed by atoms with E-state index >= 15 is 4.39 Å². The third-order valence-electron chi connectivity index (χ3n) is 5.68. The number of hydrogen-bond donors (Lipinski definition) is 1. The van der Waals surface area contributed by atoms with Crippen LogP contribution in [0.4, 0.5) is 4.39 Å².